The molecule has 9 heteroatoms. The Bertz CT molecular complexity index is 1030. The number of carbonyl (C=O) groups is 2. The lowest BCUT2D eigenvalue weighted by Gasteiger charge is -2.07. The molecule has 2 heterocycles. The van der Waals surface area contributed by atoms with E-state index >= 15 is 0 Å². The first-order valence-corrected chi connectivity index (χ1v) is 10.9. The van der Waals surface area contributed by atoms with Crippen LogP contribution in [0.2, 0.25) is 0 Å². The molecule has 0 atom stereocenters. The summed E-state index contributed by atoms with van der Waals surface area (Å²) in [6.07, 6.45) is 0. The summed E-state index contributed by atoms with van der Waals surface area (Å²) in [6, 6.07) is 9.75. The van der Waals surface area contributed by atoms with E-state index < -0.39 is 5.97 Å². The molecule has 3 rings (SSSR count). The molecule has 0 aliphatic carbocycles. The Balaban J connectivity index is 1.68. The molecule has 0 aliphatic rings. The van der Waals surface area contributed by atoms with Gasteiger partial charge in [0.2, 0.25) is 5.91 Å². The van der Waals surface area contributed by atoms with Crippen LogP contribution < -0.4 is 5.32 Å². The van der Waals surface area contributed by atoms with E-state index in [0.717, 1.165) is 21.8 Å². The maximum absolute atomic E-state index is 12.5. The number of thiophene rings is 1. The van der Waals surface area contributed by atoms with E-state index in [4.69, 9.17) is 4.74 Å². The average Bonchev–Trinajstić information content (AvgIpc) is 3.20. The van der Waals surface area contributed by atoms with Gasteiger partial charge in [-0.25, -0.2) is 4.79 Å². The number of rotatable bonds is 7. The third-order valence-corrected chi connectivity index (χ3v) is 6.46. The van der Waals surface area contributed by atoms with Crippen molar-refractivity contribution in [3.63, 3.8) is 0 Å². The van der Waals surface area contributed by atoms with Crippen molar-refractivity contribution in [2.75, 3.05) is 17.7 Å². The highest BCUT2D eigenvalue weighted by molar-refractivity contribution is 7.99. The number of aryl methyl sites for hydroxylation is 1. The van der Waals surface area contributed by atoms with Gasteiger partial charge in [-0.2, -0.15) is 0 Å². The lowest BCUT2D eigenvalue weighted by molar-refractivity contribution is -0.113. The number of hydrogen-bond donors (Lipinski definition) is 1. The Labute approximate surface area is 177 Å². The van der Waals surface area contributed by atoms with E-state index in [9.17, 15) is 9.59 Å². The van der Waals surface area contributed by atoms with Gasteiger partial charge in [-0.3, -0.25) is 4.79 Å². The molecule has 152 valence electrons. The Hall–Kier alpha value is -2.65. The van der Waals surface area contributed by atoms with Crippen molar-refractivity contribution < 1.29 is 14.3 Å². The van der Waals surface area contributed by atoms with E-state index in [1.54, 1.807) is 6.92 Å². The monoisotopic (exact) mass is 430 g/mol. The lowest BCUT2D eigenvalue weighted by atomic mass is 10.1. The number of nitrogens with zero attached hydrogens (tertiary/aromatic N) is 3. The standard InChI is InChI=1S/C20H22N4O3S2/c1-5-27-19(26)16-12(2)13(3)29-18(16)21-15(25)11-28-20-23-22-17(24(20)4)14-9-7-6-8-10-14/h6-10H,5,11H2,1-4H3,(H,21,25). The van der Waals surface area contributed by atoms with Crippen molar-refractivity contribution in [3.8, 4) is 11.4 Å². The molecule has 3 aromatic rings. The van der Waals surface area contributed by atoms with Gasteiger partial charge in [0.1, 0.15) is 5.00 Å². The van der Waals surface area contributed by atoms with Crippen LogP contribution in [0.4, 0.5) is 5.00 Å². The summed E-state index contributed by atoms with van der Waals surface area (Å²) >= 11 is 2.67. The van der Waals surface area contributed by atoms with Crippen LogP contribution in [-0.4, -0.2) is 39.0 Å². The third kappa shape index (κ3) is 4.68. The highest BCUT2D eigenvalue weighted by atomic mass is 32.2. The van der Waals surface area contributed by atoms with Crippen LogP contribution in [0.15, 0.2) is 35.5 Å². The molecule has 0 unspecified atom stereocenters. The van der Waals surface area contributed by atoms with Gasteiger partial charge in [0, 0.05) is 17.5 Å². The second kappa shape index (κ2) is 9.23. The molecule has 1 aromatic carbocycles. The zero-order valence-corrected chi connectivity index (χ0v) is 18.3. The van der Waals surface area contributed by atoms with Crippen LogP contribution in [0.25, 0.3) is 11.4 Å². The zero-order chi connectivity index (χ0) is 21.0. The maximum atomic E-state index is 12.5. The molecule has 0 bridgehead atoms. The van der Waals surface area contributed by atoms with E-state index in [1.165, 1.54) is 23.1 Å². The van der Waals surface area contributed by atoms with Gasteiger partial charge in [0.05, 0.1) is 17.9 Å². The summed E-state index contributed by atoms with van der Waals surface area (Å²) in [7, 11) is 1.87. The normalized spacial score (nSPS) is 10.8. The first-order valence-electron chi connectivity index (χ1n) is 9.07. The molecule has 0 saturated carbocycles. The number of anilines is 1. The highest BCUT2D eigenvalue weighted by Gasteiger charge is 2.22. The maximum Gasteiger partial charge on any atom is 0.341 e. The van der Waals surface area contributed by atoms with Gasteiger partial charge in [-0.1, -0.05) is 42.1 Å². The van der Waals surface area contributed by atoms with Gasteiger partial charge < -0.3 is 14.6 Å². The van der Waals surface area contributed by atoms with E-state index in [0.29, 0.717) is 15.7 Å². The Morgan fingerprint density at radius 1 is 1.21 bits per heavy atom. The smallest absolute Gasteiger partial charge is 0.341 e. The molecule has 1 amide bonds. The van der Waals surface area contributed by atoms with Gasteiger partial charge in [0.15, 0.2) is 11.0 Å². The second-order valence-electron chi connectivity index (χ2n) is 6.28. The minimum absolute atomic E-state index is 0.152. The summed E-state index contributed by atoms with van der Waals surface area (Å²) in [5, 5.41) is 12.4. The molecule has 0 spiro atoms. The van der Waals surface area contributed by atoms with E-state index in [-0.39, 0.29) is 18.3 Å². The largest absolute Gasteiger partial charge is 0.462 e. The van der Waals surface area contributed by atoms with Gasteiger partial charge in [-0.05, 0) is 26.3 Å². The van der Waals surface area contributed by atoms with Gasteiger partial charge >= 0.3 is 5.97 Å². The van der Waals surface area contributed by atoms with E-state index in [1.807, 2.05) is 55.8 Å². The van der Waals surface area contributed by atoms with Crippen LogP contribution >= 0.6 is 23.1 Å². The van der Waals surface area contributed by atoms with Crippen LogP contribution in [0.5, 0.6) is 0 Å². The van der Waals surface area contributed by atoms with Crippen molar-refractivity contribution in [2.24, 2.45) is 7.05 Å². The number of hydrogen-bond acceptors (Lipinski definition) is 7. The fourth-order valence-electron chi connectivity index (χ4n) is 2.74. The number of benzene rings is 1. The third-order valence-electron chi connectivity index (χ3n) is 4.32. The summed E-state index contributed by atoms with van der Waals surface area (Å²) in [5.74, 6) is 0.255. The van der Waals surface area contributed by atoms with Crippen LogP contribution in [0, 0.1) is 13.8 Å². The number of nitrogens with one attached hydrogen (secondary N) is 1. The molecule has 0 radical (unpaired) electrons. The molecular weight excluding hydrogens is 408 g/mol. The number of ether oxygens (including phenoxy) is 1. The zero-order valence-electron chi connectivity index (χ0n) is 16.7. The predicted molar refractivity (Wildman–Crippen MR) is 116 cm³/mol. The fourth-order valence-corrected chi connectivity index (χ4v) is 4.51. The average molecular weight is 431 g/mol. The molecule has 1 N–H and O–H groups in total. The fraction of sp³-hybridized carbons (Fsp3) is 0.300. The number of aromatic nitrogens is 3. The minimum atomic E-state index is -0.418. The van der Waals surface area contributed by atoms with Crippen LogP contribution in [0.3, 0.4) is 0 Å². The van der Waals surface area contributed by atoms with Gasteiger partial charge in [-0.15, -0.1) is 21.5 Å². The summed E-state index contributed by atoms with van der Waals surface area (Å²) in [4.78, 5) is 25.7. The van der Waals surface area contributed by atoms with Crippen molar-refractivity contribution >= 4 is 40.0 Å². The Morgan fingerprint density at radius 3 is 2.62 bits per heavy atom. The number of thioether (sulfide) groups is 1. The van der Waals surface area contributed by atoms with Crippen molar-refractivity contribution in [1.82, 2.24) is 14.8 Å². The lowest BCUT2D eigenvalue weighted by Crippen LogP contribution is -2.16. The molecule has 2 aromatic heterocycles. The number of esters is 1. The Kier molecular flexibility index (Phi) is 6.71. The van der Waals surface area contributed by atoms with Crippen molar-refractivity contribution in [3.05, 3.63) is 46.3 Å². The number of amides is 1. The first kappa shape index (κ1) is 21.1. The van der Waals surface area contributed by atoms with Crippen LogP contribution in [0.1, 0.15) is 27.7 Å². The number of carbonyl (C=O) groups excluding carboxylic acids is 2. The van der Waals surface area contributed by atoms with E-state index in [2.05, 4.69) is 15.5 Å². The summed E-state index contributed by atoms with van der Waals surface area (Å²) in [6.45, 7) is 5.81. The van der Waals surface area contributed by atoms with Gasteiger partial charge in [0.25, 0.3) is 0 Å². The quantitative estimate of drug-likeness (QED) is 0.449. The first-order chi connectivity index (χ1) is 13.9. The molecule has 0 fully saturated rings. The molecule has 7 nitrogen and oxygen atoms in total. The molecule has 29 heavy (non-hydrogen) atoms. The summed E-state index contributed by atoms with van der Waals surface area (Å²) < 4.78 is 6.98. The molecule has 0 saturated heterocycles. The highest BCUT2D eigenvalue weighted by Crippen LogP contribution is 2.33. The van der Waals surface area contributed by atoms with Crippen molar-refractivity contribution in [2.45, 2.75) is 25.9 Å². The molecular formula is C20H22N4O3S2. The summed E-state index contributed by atoms with van der Waals surface area (Å²) in [5.41, 5.74) is 2.22. The SMILES string of the molecule is CCOC(=O)c1c(NC(=O)CSc2nnc(-c3ccccc3)n2C)sc(C)c1C. The second-order valence-corrected chi connectivity index (χ2v) is 8.44. The topological polar surface area (TPSA) is 86.1 Å². The van der Waals surface area contributed by atoms with Crippen molar-refractivity contribution in [1.29, 1.82) is 0 Å². The predicted octanol–water partition coefficient (Wildman–Crippen LogP) is 4.07. The Morgan fingerprint density at radius 2 is 1.93 bits per heavy atom. The minimum Gasteiger partial charge on any atom is -0.462 e. The van der Waals surface area contributed by atoms with Crippen LogP contribution in [-0.2, 0) is 16.6 Å². The molecule has 0 aliphatic heterocycles.